The molecule has 2 amide bonds. The summed E-state index contributed by atoms with van der Waals surface area (Å²) < 4.78 is 5.40. The number of thiophene rings is 1. The molecule has 1 fully saturated rings. The summed E-state index contributed by atoms with van der Waals surface area (Å²) in [6, 6.07) is 6.87. The van der Waals surface area contributed by atoms with E-state index in [1.807, 2.05) is 21.7 Å². The Morgan fingerprint density at radius 1 is 1.32 bits per heavy atom. The molecule has 0 spiro atoms. The molecule has 3 heterocycles. The molecule has 3 aromatic rings. The first-order chi connectivity index (χ1) is 13.6. The van der Waals surface area contributed by atoms with Gasteiger partial charge in [-0.15, -0.1) is 0 Å². The first-order valence-corrected chi connectivity index (χ1v) is 10.6. The van der Waals surface area contributed by atoms with E-state index >= 15 is 0 Å². The van der Waals surface area contributed by atoms with Gasteiger partial charge in [0.2, 0.25) is 11.7 Å². The quantitative estimate of drug-likeness (QED) is 0.578. The molecule has 9 heteroatoms. The van der Waals surface area contributed by atoms with E-state index in [-0.39, 0.29) is 11.9 Å². The average molecular weight is 437 g/mol. The molecule has 146 valence electrons. The van der Waals surface area contributed by atoms with Crippen molar-refractivity contribution in [3.8, 4) is 11.4 Å². The average Bonchev–Trinajstić information content (AvgIpc) is 3.37. The van der Waals surface area contributed by atoms with Crippen molar-refractivity contribution in [3.05, 3.63) is 51.0 Å². The highest BCUT2D eigenvalue weighted by atomic mass is 35.5. The molecular weight excluding hydrogens is 419 g/mol. The van der Waals surface area contributed by atoms with E-state index in [0.717, 1.165) is 18.4 Å². The number of hydrogen-bond donors (Lipinski definition) is 1. The Labute approximate surface area is 176 Å². The summed E-state index contributed by atoms with van der Waals surface area (Å²) >= 11 is 13.5. The SMILES string of the molecule is O=C(Nc1ccc(Cl)c(Cl)c1)N1CCCC(Cc2nc(-c3ccsc3)no2)C1. The molecule has 2 aromatic heterocycles. The zero-order chi connectivity index (χ0) is 19.5. The van der Waals surface area contributed by atoms with Crippen molar-refractivity contribution < 1.29 is 9.32 Å². The third kappa shape index (κ3) is 4.48. The first-order valence-electron chi connectivity index (χ1n) is 8.94. The van der Waals surface area contributed by atoms with E-state index in [4.69, 9.17) is 27.7 Å². The minimum Gasteiger partial charge on any atom is -0.339 e. The summed E-state index contributed by atoms with van der Waals surface area (Å²) in [7, 11) is 0. The smallest absolute Gasteiger partial charge is 0.321 e. The fraction of sp³-hybridized carbons (Fsp3) is 0.316. The van der Waals surface area contributed by atoms with E-state index in [1.54, 1.807) is 29.5 Å². The molecular formula is C19H18Cl2N4O2S. The standard InChI is InChI=1S/C19H18Cl2N4O2S/c20-15-4-3-14(9-16(15)21)22-19(26)25-6-1-2-12(10-25)8-17-23-18(24-27-17)13-5-7-28-11-13/h3-5,7,9,11-12H,1-2,6,8,10H2,(H,22,26). The van der Waals surface area contributed by atoms with Gasteiger partial charge < -0.3 is 14.7 Å². The Hall–Kier alpha value is -2.09. The van der Waals surface area contributed by atoms with Gasteiger partial charge in [-0.3, -0.25) is 0 Å². The monoisotopic (exact) mass is 436 g/mol. The van der Waals surface area contributed by atoms with Crippen LogP contribution >= 0.6 is 34.5 Å². The van der Waals surface area contributed by atoms with Crippen LogP contribution in [0.2, 0.25) is 10.0 Å². The molecule has 1 aliphatic rings. The van der Waals surface area contributed by atoms with Gasteiger partial charge in [0, 0.05) is 36.1 Å². The van der Waals surface area contributed by atoms with Gasteiger partial charge in [-0.2, -0.15) is 16.3 Å². The van der Waals surface area contributed by atoms with Crippen LogP contribution < -0.4 is 5.32 Å². The third-order valence-electron chi connectivity index (χ3n) is 4.69. The van der Waals surface area contributed by atoms with Crippen LogP contribution in [0.5, 0.6) is 0 Å². The number of likely N-dealkylation sites (tertiary alicyclic amines) is 1. The van der Waals surface area contributed by atoms with Crippen molar-refractivity contribution in [2.24, 2.45) is 5.92 Å². The van der Waals surface area contributed by atoms with Crippen LogP contribution in [0.15, 0.2) is 39.5 Å². The molecule has 1 aliphatic heterocycles. The maximum Gasteiger partial charge on any atom is 0.321 e. The van der Waals surface area contributed by atoms with Crippen molar-refractivity contribution in [1.82, 2.24) is 15.0 Å². The highest BCUT2D eigenvalue weighted by Crippen LogP contribution is 2.26. The van der Waals surface area contributed by atoms with Gasteiger partial charge in [-0.1, -0.05) is 28.4 Å². The summed E-state index contributed by atoms with van der Waals surface area (Å²) in [5.74, 6) is 1.50. The predicted molar refractivity (Wildman–Crippen MR) is 111 cm³/mol. The minimum absolute atomic E-state index is 0.146. The number of piperidine rings is 1. The van der Waals surface area contributed by atoms with Crippen LogP contribution in [-0.2, 0) is 6.42 Å². The zero-order valence-corrected chi connectivity index (χ0v) is 17.2. The van der Waals surface area contributed by atoms with E-state index in [9.17, 15) is 4.79 Å². The number of nitrogens with one attached hydrogen (secondary N) is 1. The molecule has 1 saturated heterocycles. The van der Waals surface area contributed by atoms with E-state index < -0.39 is 0 Å². The molecule has 0 bridgehead atoms. The lowest BCUT2D eigenvalue weighted by molar-refractivity contribution is 0.173. The Kier molecular flexibility index (Phi) is 5.85. The van der Waals surface area contributed by atoms with Crippen LogP contribution in [0, 0.1) is 5.92 Å². The number of urea groups is 1. The Morgan fingerprint density at radius 3 is 3.00 bits per heavy atom. The number of rotatable bonds is 4. The summed E-state index contributed by atoms with van der Waals surface area (Å²) in [5.41, 5.74) is 1.59. The lowest BCUT2D eigenvalue weighted by Gasteiger charge is -2.32. The van der Waals surface area contributed by atoms with E-state index in [1.165, 1.54) is 0 Å². The number of benzene rings is 1. The lowest BCUT2D eigenvalue weighted by atomic mass is 9.95. The molecule has 1 unspecified atom stereocenters. The second-order valence-corrected chi connectivity index (χ2v) is 8.34. The van der Waals surface area contributed by atoms with Crippen LogP contribution in [0.3, 0.4) is 0 Å². The summed E-state index contributed by atoms with van der Waals surface area (Å²) in [6.07, 6.45) is 2.62. The lowest BCUT2D eigenvalue weighted by Crippen LogP contribution is -2.42. The van der Waals surface area contributed by atoms with Crippen molar-refractivity contribution in [3.63, 3.8) is 0 Å². The molecule has 1 N–H and O–H groups in total. The fourth-order valence-corrected chi connectivity index (χ4v) is 4.22. The maximum atomic E-state index is 12.6. The largest absolute Gasteiger partial charge is 0.339 e. The highest BCUT2D eigenvalue weighted by Gasteiger charge is 2.25. The van der Waals surface area contributed by atoms with Crippen molar-refractivity contribution >= 4 is 46.3 Å². The Morgan fingerprint density at radius 2 is 2.21 bits per heavy atom. The number of carbonyl (C=O) groups excluding carboxylic acids is 1. The first kappa shape index (κ1) is 19.2. The van der Waals surface area contributed by atoms with Crippen LogP contribution in [-0.4, -0.2) is 34.2 Å². The summed E-state index contributed by atoms with van der Waals surface area (Å²) in [5, 5.41) is 11.8. The third-order valence-corrected chi connectivity index (χ3v) is 6.11. The van der Waals surface area contributed by atoms with Gasteiger partial charge in [0.1, 0.15) is 0 Å². The summed E-state index contributed by atoms with van der Waals surface area (Å²) in [4.78, 5) is 18.9. The van der Waals surface area contributed by atoms with Gasteiger partial charge in [-0.25, -0.2) is 4.79 Å². The van der Waals surface area contributed by atoms with Gasteiger partial charge in [-0.05, 0) is 48.4 Å². The van der Waals surface area contributed by atoms with Crippen molar-refractivity contribution in [2.75, 3.05) is 18.4 Å². The second-order valence-electron chi connectivity index (χ2n) is 6.74. The molecule has 1 atom stereocenters. The van der Waals surface area contributed by atoms with Gasteiger partial charge in [0.15, 0.2) is 0 Å². The van der Waals surface area contributed by atoms with E-state index in [2.05, 4.69) is 15.5 Å². The number of aromatic nitrogens is 2. The molecule has 0 saturated carbocycles. The molecule has 6 nitrogen and oxygen atoms in total. The van der Waals surface area contributed by atoms with Crippen LogP contribution in [0.1, 0.15) is 18.7 Å². The van der Waals surface area contributed by atoms with Crippen LogP contribution in [0.25, 0.3) is 11.4 Å². The predicted octanol–water partition coefficient (Wildman–Crippen LogP) is 5.59. The van der Waals surface area contributed by atoms with Crippen LogP contribution in [0.4, 0.5) is 10.5 Å². The topological polar surface area (TPSA) is 71.3 Å². The second kappa shape index (κ2) is 8.51. The molecule has 0 aliphatic carbocycles. The van der Waals surface area contributed by atoms with E-state index in [0.29, 0.717) is 47.0 Å². The van der Waals surface area contributed by atoms with Crippen molar-refractivity contribution in [1.29, 1.82) is 0 Å². The molecule has 0 radical (unpaired) electrons. The number of hydrogen-bond acceptors (Lipinski definition) is 5. The zero-order valence-electron chi connectivity index (χ0n) is 14.9. The molecule has 1 aromatic carbocycles. The van der Waals surface area contributed by atoms with Gasteiger partial charge >= 0.3 is 6.03 Å². The highest BCUT2D eigenvalue weighted by molar-refractivity contribution is 7.08. The number of amides is 2. The number of nitrogens with zero attached hydrogens (tertiary/aromatic N) is 3. The summed E-state index contributed by atoms with van der Waals surface area (Å²) in [6.45, 7) is 1.36. The maximum absolute atomic E-state index is 12.6. The van der Waals surface area contributed by atoms with Gasteiger partial charge in [0.05, 0.1) is 10.0 Å². The normalized spacial score (nSPS) is 16.9. The molecule has 4 rings (SSSR count). The number of carbonyl (C=O) groups is 1. The Balaban J connectivity index is 1.36. The Bertz CT molecular complexity index is 961. The minimum atomic E-state index is -0.146. The van der Waals surface area contributed by atoms with Crippen molar-refractivity contribution in [2.45, 2.75) is 19.3 Å². The fourth-order valence-electron chi connectivity index (χ4n) is 3.29. The number of anilines is 1. The number of halogens is 2. The van der Waals surface area contributed by atoms with Gasteiger partial charge in [0.25, 0.3) is 0 Å². The molecule has 28 heavy (non-hydrogen) atoms.